The van der Waals surface area contributed by atoms with E-state index in [9.17, 15) is 53.1 Å². The zero-order valence-corrected chi connectivity index (χ0v) is 43.8. The summed E-state index contributed by atoms with van der Waals surface area (Å²) in [6.45, 7) is 5.29. The molecule has 2 aromatic heterocycles. The molecule has 8 rings (SSSR count). The molecule has 0 spiro atoms. The predicted octanol–water partition coefficient (Wildman–Crippen LogP) is 1.78. The lowest BCUT2D eigenvalue weighted by atomic mass is 9.81. The Morgan fingerprint density at radius 1 is 0.883 bits per heavy atom. The van der Waals surface area contributed by atoms with Gasteiger partial charge >= 0.3 is 5.97 Å². The van der Waals surface area contributed by atoms with E-state index in [1.165, 1.54) is 22.8 Å². The Balaban J connectivity index is 0.833. The number of pyridine rings is 2. The summed E-state index contributed by atoms with van der Waals surface area (Å²) in [5.74, 6) is -5.48. The number of nitrogens with zero attached hydrogens (tertiary/aromatic N) is 3. The van der Waals surface area contributed by atoms with Crippen LogP contribution in [0.2, 0.25) is 0 Å². The van der Waals surface area contributed by atoms with Crippen molar-refractivity contribution in [3.8, 4) is 11.4 Å². The molecule has 3 aliphatic heterocycles. The van der Waals surface area contributed by atoms with Crippen molar-refractivity contribution in [3.63, 3.8) is 0 Å². The van der Waals surface area contributed by atoms with Gasteiger partial charge in [0, 0.05) is 54.1 Å². The van der Waals surface area contributed by atoms with Crippen molar-refractivity contribution in [2.24, 2.45) is 0 Å². The van der Waals surface area contributed by atoms with Crippen LogP contribution in [0.5, 0.6) is 0 Å². The second-order valence-electron chi connectivity index (χ2n) is 19.8. The van der Waals surface area contributed by atoms with E-state index >= 15 is 4.39 Å². The quantitative estimate of drug-likeness (QED) is 0.0225. The topological polar surface area (TPSA) is 293 Å². The number of ether oxygens (including phenoxy) is 1. The Hall–Kier alpha value is -7.79. The van der Waals surface area contributed by atoms with Crippen LogP contribution >= 0.6 is 11.8 Å². The summed E-state index contributed by atoms with van der Waals surface area (Å²) in [5.41, 5.74) is 2.05. The molecule has 2 aromatic carbocycles. The molecule has 21 nitrogen and oxygen atoms in total. The maximum Gasteiger partial charge on any atom is 0.343 e. The number of halogens is 1. The molecule has 23 heteroatoms. The van der Waals surface area contributed by atoms with Crippen LogP contribution in [0, 0.1) is 12.7 Å². The second-order valence-corrected chi connectivity index (χ2v) is 21.4. The molecule has 1 aliphatic carbocycles. The normalized spacial score (nSPS) is 17.5. The second kappa shape index (κ2) is 23.2. The standard InChI is InChI=1S/C54H60FN9O12S/c1-5-54(75)34-21-39-48-32(26-64(39)50(72)33(34)27-76-52(54)74)47-36(16-15-31-29(2)35(55)22-37(61-48)46(31)47)62-51(73)53(3,4)77-28-59-42(67)24-58-49(71)38(20-30-12-8-6-9-13-30)60-43(68)25-57-41(66)23-56-40(65)14-10-7-11-19-63-44(69)17-18-45(63)70/h6,8-9,12-13,17-18,21-22,36,38,75H,5,7,10-11,14-16,19-20,23-28H2,1-4H3,(H,56,65)(H,57,66)(H,58,71)(H,59,67)(H,60,68)(H,62,73)/t36-,38-,54-/m0/s1. The number of esters is 1. The lowest BCUT2D eigenvalue weighted by Crippen LogP contribution is -2.52. The van der Waals surface area contributed by atoms with Gasteiger partial charge in [0.25, 0.3) is 17.4 Å². The van der Waals surface area contributed by atoms with E-state index in [0.717, 1.165) is 22.2 Å². The zero-order chi connectivity index (χ0) is 55.3. The van der Waals surface area contributed by atoms with Crippen molar-refractivity contribution >= 4 is 75.9 Å². The third-order valence-corrected chi connectivity index (χ3v) is 15.6. The van der Waals surface area contributed by atoms with E-state index in [2.05, 4.69) is 31.9 Å². The molecule has 5 heterocycles. The van der Waals surface area contributed by atoms with E-state index in [1.807, 2.05) is 0 Å². The Morgan fingerprint density at radius 2 is 1.57 bits per heavy atom. The molecular formula is C54H60FN9O12S. The number of benzene rings is 2. The molecule has 0 radical (unpaired) electrons. The van der Waals surface area contributed by atoms with Crippen LogP contribution < -0.4 is 37.5 Å². The minimum absolute atomic E-state index is 0.0388. The monoisotopic (exact) mass is 1080 g/mol. The van der Waals surface area contributed by atoms with E-state index < -0.39 is 88.9 Å². The summed E-state index contributed by atoms with van der Waals surface area (Å²) in [6.07, 6.45) is 4.91. The number of thioether (sulfide) groups is 1. The van der Waals surface area contributed by atoms with Crippen molar-refractivity contribution < 1.29 is 57.4 Å². The summed E-state index contributed by atoms with van der Waals surface area (Å²) in [6, 6.07) is 9.98. The van der Waals surface area contributed by atoms with Gasteiger partial charge in [0.2, 0.25) is 35.4 Å². The molecule has 4 aliphatic rings. The van der Waals surface area contributed by atoms with Crippen LogP contribution in [0.15, 0.2) is 59.4 Å². The first-order valence-corrected chi connectivity index (χ1v) is 26.4. The highest BCUT2D eigenvalue weighted by Crippen LogP contribution is 2.46. The number of fused-ring (bicyclic) bond motifs is 5. The summed E-state index contributed by atoms with van der Waals surface area (Å²) >= 11 is 1.13. The number of carbonyl (C=O) groups is 9. The fraction of sp³-hybridized carbons (Fsp3) is 0.426. The maximum absolute atomic E-state index is 15.5. The van der Waals surface area contributed by atoms with Gasteiger partial charge in [-0.15, -0.1) is 11.8 Å². The summed E-state index contributed by atoms with van der Waals surface area (Å²) in [7, 11) is 0. The van der Waals surface area contributed by atoms with Crippen LogP contribution in [0.4, 0.5) is 4.39 Å². The fourth-order valence-electron chi connectivity index (χ4n) is 9.94. The average Bonchev–Trinajstić information content (AvgIpc) is 3.95. The SMILES string of the molecule is CC[C@@]1(O)C(=O)OCc2c1cc1n(c2=O)Cc2c-1nc1cc(F)c(C)c3c1c2[C@@H](NC(=O)C(C)(C)SCNC(=O)CNC(=O)[C@H](Cc1ccccc1)NC(=O)CNC(=O)CNC(=O)CCCCCN1C(=O)C=CC1=O)CC3. The minimum Gasteiger partial charge on any atom is -0.458 e. The van der Waals surface area contributed by atoms with Crippen molar-refractivity contribution in [1.82, 2.24) is 46.4 Å². The molecule has 7 N–H and O–H groups in total. The number of imide groups is 1. The Bertz CT molecular complexity index is 3180. The highest BCUT2D eigenvalue weighted by Gasteiger charge is 2.46. The number of rotatable bonds is 22. The van der Waals surface area contributed by atoms with Gasteiger partial charge in [-0.25, -0.2) is 14.2 Å². The third kappa shape index (κ3) is 11.9. The van der Waals surface area contributed by atoms with Crippen molar-refractivity contribution in [2.45, 2.75) is 115 Å². The van der Waals surface area contributed by atoms with Gasteiger partial charge in [0.05, 0.1) is 65.3 Å². The van der Waals surface area contributed by atoms with E-state index in [1.54, 1.807) is 64.1 Å². The van der Waals surface area contributed by atoms with Crippen LogP contribution in [-0.4, -0.2) is 116 Å². The maximum atomic E-state index is 15.5. The Kier molecular flexibility index (Phi) is 16.7. The van der Waals surface area contributed by atoms with Crippen LogP contribution in [0.25, 0.3) is 22.3 Å². The van der Waals surface area contributed by atoms with Gasteiger partial charge in [-0.1, -0.05) is 43.7 Å². The zero-order valence-electron chi connectivity index (χ0n) is 43.0. The number of amides is 8. The van der Waals surface area contributed by atoms with Crippen LogP contribution in [0.3, 0.4) is 0 Å². The van der Waals surface area contributed by atoms with E-state index in [-0.39, 0.29) is 73.7 Å². The first kappa shape index (κ1) is 55.4. The number of unbranched alkanes of at least 4 members (excludes halogenated alkanes) is 2. The molecule has 0 fully saturated rings. The number of hydrogen-bond acceptors (Lipinski definition) is 14. The minimum atomic E-state index is -2.05. The highest BCUT2D eigenvalue weighted by atomic mass is 32.2. The molecule has 77 heavy (non-hydrogen) atoms. The molecule has 0 saturated heterocycles. The smallest absolute Gasteiger partial charge is 0.343 e. The van der Waals surface area contributed by atoms with Crippen LogP contribution in [0.1, 0.15) is 104 Å². The van der Waals surface area contributed by atoms with E-state index in [0.29, 0.717) is 76.6 Å². The summed E-state index contributed by atoms with van der Waals surface area (Å²) in [5, 5.41) is 28.0. The number of carbonyl (C=O) groups excluding carboxylic acids is 9. The van der Waals surface area contributed by atoms with Crippen molar-refractivity contribution in [1.29, 1.82) is 0 Å². The van der Waals surface area contributed by atoms with Gasteiger partial charge < -0.3 is 46.3 Å². The number of aliphatic hydroxyl groups is 1. The van der Waals surface area contributed by atoms with Gasteiger partial charge in [-0.05, 0) is 81.2 Å². The van der Waals surface area contributed by atoms with Crippen molar-refractivity contribution in [3.05, 3.63) is 110 Å². The van der Waals surface area contributed by atoms with Gasteiger partial charge in [0.15, 0.2) is 5.60 Å². The Morgan fingerprint density at radius 3 is 2.30 bits per heavy atom. The number of aromatic nitrogens is 2. The lowest BCUT2D eigenvalue weighted by molar-refractivity contribution is -0.172. The largest absolute Gasteiger partial charge is 0.458 e. The van der Waals surface area contributed by atoms with E-state index in [4.69, 9.17) is 9.72 Å². The molecular weight excluding hydrogens is 1020 g/mol. The number of nitrogens with one attached hydrogen (secondary N) is 6. The first-order chi connectivity index (χ1) is 36.7. The molecule has 3 atom stereocenters. The number of cyclic esters (lactones) is 1. The third-order valence-electron chi connectivity index (χ3n) is 14.4. The fourth-order valence-corrected chi connectivity index (χ4v) is 10.7. The highest BCUT2D eigenvalue weighted by molar-refractivity contribution is 8.01. The molecule has 0 saturated carbocycles. The molecule has 4 aromatic rings. The summed E-state index contributed by atoms with van der Waals surface area (Å²) < 4.78 is 21.1. The van der Waals surface area contributed by atoms with Gasteiger partial charge in [0.1, 0.15) is 18.5 Å². The predicted molar refractivity (Wildman–Crippen MR) is 279 cm³/mol. The number of aryl methyl sites for hydroxylation is 1. The van der Waals surface area contributed by atoms with Crippen LogP contribution in [-0.2, 0) is 79.5 Å². The number of hydrogen-bond donors (Lipinski definition) is 7. The molecule has 406 valence electrons. The molecule has 8 amide bonds. The van der Waals surface area contributed by atoms with Crippen molar-refractivity contribution in [2.75, 3.05) is 32.1 Å². The Labute approximate surface area is 445 Å². The molecule has 0 unspecified atom stereocenters. The van der Waals surface area contributed by atoms with Gasteiger partial charge in [-0.2, -0.15) is 0 Å². The summed E-state index contributed by atoms with van der Waals surface area (Å²) in [4.78, 5) is 135. The first-order valence-electron chi connectivity index (χ1n) is 25.4. The average molecular weight is 1080 g/mol. The van der Waals surface area contributed by atoms with Gasteiger partial charge in [-0.3, -0.25) is 48.1 Å². The molecule has 0 bridgehead atoms. The lowest BCUT2D eigenvalue weighted by Gasteiger charge is -2.32.